The predicted molar refractivity (Wildman–Crippen MR) is 157 cm³/mol. The number of anilines is 2. The van der Waals surface area contributed by atoms with E-state index in [9.17, 15) is 4.79 Å². The zero-order valence-corrected chi connectivity index (χ0v) is 23.2. The number of thiophene rings is 1. The van der Waals surface area contributed by atoms with E-state index in [0.717, 1.165) is 33.9 Å². The molecule has 2 aromatic heterocycles. The summed E-state index contributed by atoms with van der Waals surface area (Å²) in [6.07, 6.45) is 0. The first-order valence-corrected chi connectivity index (χ1v) is 13.2. The van der Waals surface area contributed by atoms with Crippen molar-refractivity contribution in [3.63, 3.8) is 0 Å². The lowest BCUT2D eigenvalue weighted by molar-refractivity contribution is 0.103. The number of amides is 1. The molecule has 0 saturated heterocycles. The summed E-state index contributed by atoms with van der Waals surface area (Å²) in [6, 6.07) is 20.2. The van der Waals surface area contributed by atoms with Crippen molar-refractivity contribution >= 4 is 73.6 Å². The summed E-state index contributed by atoms with van der Waals surface area (Å²) in [6.45, 7) is 0. The SMILES string of the molecule is COc1ccc(-c2cc(-c3ccc(OC)cc3)c3c(N)c(C(=O)Nc4c(Cl)cc(Cl)cc4Cl)sc3n2)cc1. The van der Waals surface area contributed by atoms with Gasteiger partial charge in [0, 0.05) is 16.0 Å². The van der Waals surface area contributed by atoms with Crippen LogP contribution in [0.15, 0.2) is 66.7 Å². The molecular weight excluding hydrogens is 565 g/mol. The van der Waals surface area contributed by atoms with Gasteiger partial charge in [-0.05, 0) is 65.7 Å². The highest BCUT2D eigenvalue weighted by Crippen LogP contribution is 2.42. The number of hydrogen-bond acceptors (Lipinski definition) is 6. The largest absolute Gasteiger partial charge is 0.497 e. The number of nitrogens with one attached hydrogen (secondary N) is 1. The second-order valence-electron chi connectivity index (χ2n) is 8.24. The number of benzene rings is 3. The van der Waals surface area contributed by atoms with Gasteiger partial charge in [0.1, 0.15) is 21.2 Å². The highest BCUT2D eigenvalue weighted by atomic mass is 35.5. The maximum Gasteiger partial charge on any atom is 0.268 e. The van der Waals surface area contributed by atoms with Crippen LogP contribution in [0.4, 0.5) is 11.4 Å². The van der Waals surface area contributed by atoms with E-state index < -0.39 is 5.91 Å². The summed E-state index contributed by atoms with van der Waals surface area (Å²) in [5.74, 6) is 1.01. The van der Waals surface area contributed by atoms with Crippen molar-refractivity contribution in [3.8, 4) is 33.9 Å². The van der Waals surface area contributed by atoms with E-state index in [1.807, 2.05) is 54.6 Å². The summed E-state index contributed by atoms with van der Waals surface area (Å²) in [4.78, 5) is 19.1. The van der Waals surface area contributed by atoms with Crippen LogP contribution in [0, 0.1) is 0 Å². The molecular formula is C28H20Cl3N3O3S. The van der Waals surface area contributed by atoms with Crippen molar-refractivity contribution in [3.05, 3.63) is 86.7 Å². The number of fused-ring (bicyclic) bond motifs is 1. The molecule has 0 unspecified atom stereocenters. The number of rotatable bonds is 6. The molecule has 1 amide bonds. The van der Waals surface area contributed by atoms with Gasteiger partial charge in [-0.3, -0.25) is 4.79 Å². The molecule has 2 heterocycles. The van der Waals surface area contributed by atoms with Crippen molar-refractivity contribution in [1.82, 2.24) is 4.98 Å². The lowest BCUT2D eigenvalue weighted by Gasteiger charge is -2.11. The van der Waals surface area contributed by atoms with Gasteiger partial charge in [0.25, 0.3) is 5.91 Å². The van der Waals surface area contributed by atoms with Crippen LogP contribution >= 0.6 is 46.1 Å². The van der Waals surface area contributed by atoms with Crippen LogP contribution in [0.25, 0.3) is 32.6 Å². The number of pyridine rings is 1. The number of aromatic nitrogens is 1. The molecule has 192 valence electrons. The lowest BCUT2D eigenvalue weighted by atomic mass is 9.99. The fraction of sp³-hybridized carbons (Fsp3) is 0.0714. The Morgan fingerprint density at radius 3 is 1.97 bits per heavy atom. The number of nitrogens with zero attached hydrogens (tertiary/aromatic N) is 1. The number of nitrogen functional groups attached to an aromatic ring is 1. The number of carbonyl (C=O) groups is 1. The summed E-state index contributed by atoms with van der Waals surface area (Å²) in [5, 5.41) is 4.24. The summed E-state index contributed by atoms with van der Waals surface area (Å²) < 4.78 is 10.6. The van der Waals surface area contributed by atoms with Gasteiger partial charge in [0.05, 0.1) is 41.3 Å². The van der Waals surface area contributed by atoms with Crippen molar-refractivity contribution < 1.29 is 14.3 Å². The molecule has 6 nitrogen and oxygen atoms in total. The van der Waals surface area contributed by atoms with E-state index >= 15 is 0 Å². The molecule has 0 fully saturated rings. The number of nitrogens with two attached hydrogens (primary N) is 1. The monoisotopic (exact) mass is 583 g/mol. The Morgan fingerprint density at radius 2 is 1.42 bits per heavy atom. The lowest BCUT2D eigenvalue weighted by Crippen LogP contribution is -2.12. The first-order valence-electron chi connectivity index (χ1n) is 11.3. The zero-order chi connectivity index (χ0) is 27.0. The van der Waals surface area contributed by atoms with Crippen molar-refractivity contribution in [2.24, 2.45) is 0 Å². The maximum absolute atomic E-state index is 13.4. The minimum atomic E-state index is -0.455. The Kier molecular flexibility index (Phi) is 7.36. The van der Waals surface area contributed by atoms with Gasteiger partial charge >= 0.3 is 0 Å². The highest BCUT2D eigenvalue weighted by Gasteiger charge is 2.23. The number of ether oxygens (including phenoxy) is 2. The fourth-order valence-corrected chi connectivity index (χ4v) is 5.96. The molecule has 0 atom stereocenters. The van der Waals surface area contributed by atoms with Gasteiger partial charge in [-0.2, -0.15) is 0 Å². The summed E-state index contributed by atoms with van der Waals surface area (Å²) in [5.41, 5.74) is 10.5. The molecule has 0 bridgehead atoms. The summed E-state index contributed by atoms with van der Waals surface area (Å²) >= 11 is 19.8. The number of carbonyl (C=O) groups excluding carboxylic acids is 1. The molecule has 0 aliphatic rings. The second kappa shape index (κ2) is 10.7. The Hall–Kier alpha value is -3.49. The van der Waals surface area contributed by atoms with Crippen molar-refractivity contribution in [1.29, 1.82) is 0 Å². The van der Waals surface area contributed by atoms with E-state index in [1.54, 1.807) is 14.2 Å². The summed E-state index contributed by atoms with van der Waals surface area (Å²) in [7, 11) is 3.23. The topological polar surface area (TPSA) is 86.5 Å². The van der Waals surface area contributed by atoms with Gasteiger partial charge in [0.15, 0.2) is 0 Å². The average molecular weight is 585 g/mol. The first kappa shape index (κ1) is 26.1. The van der Waals surface area contributed by atoms with Crippen LogP contribution in [-0.4, -0.2) is 25.1 Å². The standard InChI is InChI=1S/C28H20Cl3N3O3S/c1-36-17-7-3-14(4-8-17)19-13-22(15-5-9-18(37-2)10-6-15)33-28-23(19)24(32)26(38-28)27(35)34-25-20(30)11-16(29)12-21(25)31/h3-13H,32H2,1-2H3,(H,34,35). The molecule has 10 heteroatoms. The van der Waals surface area contributed by atoms with Gasteiger partial charge in [0.2, 0.25) is 0 Å². The molecule has 5 aromatic rings. The van der Waals surface area contributed by atoms with Crippen LogP contribution in [0.1, 0.15) is 9.67 Å². The van der Waals surface area contributed by atoms with Crippen LogP contribution in [0.3, 0.4) is 0 Å². The molecule has 0 spiro atoms. The smallest absolute Gasteiger partial charge is 0.268 e. The van der Waals surface area contributed by atoms with Gasteiger partial charge in [-0.25, -0.2) is 4.98 Å². The molecule has 0 aliphatic heterocycles. The normalized spacial score (nSPS) is 11.0. The number of methoxy groups -OCH3 is 2. The van der Waals surface area contributed by atoms with Crippen LogP contribution in [0.5, 0.6) is 11.5 Å². The molecule has 5 rings (SSSR count). The van der Waals surface area contributed by atoms with Crippen LogP contribution in [-0.2, 0) is 0 Å². The fourth-order valence-electron chi connectivity index (χ4n) is 4.03. The van der Waals surface area contributed by atoms with E-state index in [1.165, 1.54) is 23.5 Å². The predicted octanol–water partition coefficient (Wildman–Crippen LogP) is 8.44. The molecule has 0 aliphatic carbocycles. The number of halogens is 3. The van der Waals surface area contributed by atoms with E-state index in [0.29, 0.717) is 20.9 Å². The van der Waals surface area contributed by atoms with Gasteiger partial charge in [-0.15, -0.1) is 11.3 Å². The third-order valence-electron chi connectivity index (χ3n) is 5.94. The zero-order valence-electron chi connectivity index (χ0n) is 20.1. The van der Waals surface area contributed by atoms with E-state index in [4.69, 9.17) is 55.0 Å². The quantitative estimate of drug-likeness (QED) is 0.209. The average Bonchev–Trinajstić information content (AvgIpc) is 3.26. The Balaban J connectivity index is 1.66. The van der Waals surface area contributed by atoms with Crippen LogP contribution in [0.2, 0.25) is 15.1 Å². The van der Waals surface area contributed by atoms with Crippen LogP contribution < -0.4 is 20.5 Å². The number of hydrogen-bond donors (Lipinski definition) is 2. The molecule has 3 N–H and O–H groups in total. The minimum Gasteiger partial charge on any atom is -0.497 e. The van der Waals surface area contributed by atoms with Gasteiger partial charge in [-0.1, -0.05) is 46.9 Å². The highest BCUT2D eigenvalue weighted by molar-refractivity contribution is 7.21. The van der Waals surface area contributed by atoms with Crippen molar-refractivity contribution in [2.75, 3.05) is 25.3 Å². The first-order chi connectivity index (χ1) is 18.3. The van der Waals surface area contributed by atoms with E-state index in [-0.39, 0.29) is 20.6 Å². The van der Waals surface area contributed by atoms with Crippen molar-refractivity contribution in [2.45, 2.75) is 0 Å². The maximum atomic E-state index is 13.4. The molecule has 0 saturated carbocycles. The molecule has 0 radical (unpaired) electrons. The Morgan fingerprint density at radius 1 is 0.868 bits per heavy atom. The molecule has 38 heavy (non-hydrogen) atoms. The Bertz CT molecular complexity index is 1650. The third-order valence-corrected chi connectivity index (χ3v) is 7.85. The third kappa shape index (κ3) is 4.98. The van der Waals surface area contributed by atoms with E-state index in [2.05, 4.69) is 5.32 Å². The second-order valence-corrected chi connectivity index (χ2v) is 10.5. The Labute approximate surface area is 237 Å². The van der Waals surface area contributed by atoms with Gasteiger partial charge < -0.3 is 20.5 Å². The minimum absolute atomic E-state index is 0.217. The molecule has 3 aromatic carbocycles.